The van der Waals surface area contributed by atoms with E-state index >= 15 is 0 Å². The first-order chi connectivity index (χ1) is 5.57. The van der Waals surface area contributed by atoms with Crippen molar-refractivity contribution in [1.82, 2.24) is 0 Å². The average molecular weight is 184 g/mol. The van der Waals surface area contributed by atoms with E-state index < -0.39 is 0 Å². The third-order valence-electron chi connectivity index (χ3n) is 4.01. The third-order valence-corrected chi connectivity index (χ3v) is 4.45. The zero-order valence-corrected chi connectivity index (χ0v) is 8.60. The van der Waals surface area contributed by atoms with E-state index in [-0.39, 0.29) is 5.92 Å². The Morgan fingerprint density at radius 2 is 2.17 bits per heavy atom. The molecule has 3 rings (SSSR count). The Balaban J connectivity index is 2.17. The molecule has 0 spiro atoms. The summed E-state index contributed by atoms with van der Waals surface area (Å²) >= 11 is 4.22. The van der Waals surface area contributed by atoms with Crippen LogP contribution in [0.3, 0.4) is 0 Å². The molecule has 0 aromatic rings. The molecule has 2 bridgehead atoms. The van der Waals surface area contributed by atoms with Crippen molar-refractivity contribution in [3.8, 4) is 0 Å². The van der Waals surface area contributed by atoms with Gasteiger partial charge >= 0.3 is 0 Å². The van der Waals surface area contributed by atoms with Crippen molar-refractivity contribution >= 4 is 18.4 Å². The summed E-state index contributed by atoms with van der Waals surface area (Å²) < 4.78 is 0. The van der Waals surface area contributed by atoms with Crippen LogP contribution in [-0.2, 0) is 4.79 Å². The van der Waals surface area contributed by atoms with Crippen molar-refractivity contribution < 1.29 is 4.79 Å². The fourth-order valence-electron chi connectivity index (χ4n) is 2.81. The molecule has 0 N–H and O–H groups in total. The number of carbonyl (C=O) groups excluding carboxylic acids is 1. The average Bonchev–Trinajstić information content (AvgIpc) is 2.03. The summed E-state index contributed by atoms with van der Waals surface area (Å²) in [6.07, 6.45) is 2.24. The number of rotatable bonds is 1. The van der Waals surface area contributed by atoms with E-state index in [0.717, 1.165) is 24.5 Å². The number of Topliss-reactive ketones (excluding diaryl/α,β-unsaturated/α-hetero) is 1. The second-order valence-corrected chi connectivity index (χ2v) is 5.19. The van der Waals surface area contributed by atoms with Crippen molar-refractivity contribution in [2.24, 2.45) is 23.2 Å². The number of carbonyl (C=O) groups is 1. The molecule has 3 aliphatic carbocycles. The smallest absolute Gasteiger partial charge is 0.140 e. The van der Waals surface area contributed by atoms with Crippen LogP contribution in [0, 0.1) is 23.2 Å². The maximum absolute atomic E-state index is 11.8. The van der Waals surface area contributed by atoms with Crippen LogP contribution in [-0.4, -0.2) is 11.5 Å². The highest BCUT2D eigenvalue weighted by Gasteiger charge is 2.57. The van der Waals surface area contributed by atoms with Gasteiger partial charge in [-0.25, -0.2) is 0 Å². The summed E-state index contributed by atoms with van der Waals surface area (Å²) in [4.78, 5) is 11.8. The molecule has 3 aliphatic rings. The number of hydrogen-bond acceptors (Lipinski definition) is 2. The molecule has 68 valence electrons. The van der Waals surface area contributed by atoms with Gasteiger partial charge < -0.3 is 0 Å². The third kappa shape index (κ3) is 0.905. The van der Waals surface area contributed by atoms with E-state index in [1.165, 1.54) is 0 Å². The van der Waals surface area contributed by atoms with E-state index in [1.807, 2.05) is 0 Å². The first-order valence-electron chi connectivity index (χ1n) is 4.72. The minimum atomic E-state index is 0.269. The van der Waals surface area contributed by atoms with Gasteiger partial charge in [0.05, 0.1) is 0 Å². The quantitative estimate of drug-likeness (QED) is 0.618. The molecule has 0 aliphatic heterocycles. The van der Waals surface area contributed by atoms with Gasteiger partial charge in [-0.1, -0.05) is 13.8 Å². The summed E-state index contributed by atoms with van der Waals surface area (Å²) in [5.41, 5.74) is 0.302. The largest absolute Gasteiger partial charge is 0.299 e. The summed E-state index contributed by atoms with van der Waals surface area (Å²) in [5.74, 6) is 2.65. The lowest BCUT2D eigenvalue weighted by molar-refractivity contribution is -0.155. The van der Waals surface area contributed by atoms with Crippen LogP contribution >= 0.6 is 12.6 Å². The lowest BCUT2D eigenvalue weighted by Crippen LogP contribution is -2.56. The van der Waals surface area contributed by atoms with E-state index in [0.29, 0.717) is 17.1 Å². The maximum Gasteiger partial charge on any atom is 0.140 e. The molecule has 0 unspecified atom stereocenters. The Bertz CT molecular complexity index is 222. The minimum absolute atomic E-state index is 0.269. The zero-order chi connectivity index (χ0) is 8.93. The SMILES string of the molecule is CC1(C)[C@H]2C[C@@H](CS)C(=O)[C@@H]1C2. The highest BCUT2D eigenvalue weighted by molar-refractivity contribution is 7.80. The normalized spacial score (nSPS) is 43.9. The summed E-state index contributed by atoms with van der Waals surface area (Å²) in [6.45, 7) is 4.47. The monoisotopic (exact) mass is 184 g/mol. The second kappa shape index (κ2) is 2.50. The fraction of sp³-hybridized carbons (Fsp3) is 0.900. The van der Waals surface area contributed by atoms with Crippen LogP contribution in [0.1, 0.15) is 26.7 Å². The molecule has 3 atom stereocenters. The number of hydrogen-bond donors (Lipinski definition) is 1. The summed E-state index contributed by atoms with van der Waals surface area (Å²) in [5, 5.41) is 0. The van der Waals surface area contributed by atoms with Gasteiger partial charge in [-0.15, -0.1) is 0 Å². The maximum atomic E-state index is 11.8. The Morgan fingerprint density at radius 3 is 2.58 bits per heavy atom. The first-order valence-corrected chi connectivity index (χ1v) is 5.35. The van der Waals surface area contributed by atoms with E-state index in [9.17, 15) is 4.79 Å². The highest BCUT2D eigenvalue weighted by atomic mass is 32.1. The number of ketones is 1. The molecule has 12 heavy (non-hydrogen) atoms. The van der Waals surface area contributed by atoms with Crippen LogP contribution in [0.15, 0.2) is 0 Å². The zero-order valence-electron chi connectivity index (χ0n) is 7.71. The molecule has 0 radical (unpaired) electrons. The van der Waals surface area contributed by atoms with Crippen molar-refractivity contribution in [3.05, 3.63) is 0 Å². The first kappa shape index (κ1) is 8.61. The summed E-state index contributed by atoms with van der Waals surface area (Å²) in [6, 6.07) is 0. The van der Waals surface area contributed by atoms with Crippen LogP contribution in [0.25, 0.3) is 0 Å². The Hall–Kier alpha value is 0.0200. The number of thiol groups is 1. The number of fused-ring (bicyclic) bond motifs is 2. The lowest BCUT2D eigenvalue weighted by atomic mass is 9.46. The topological polar surface area (TPSA) is 17.1 Å². The van der Waals surface area contributed by atoms with E-state index in [1.54, 1.807) is 0 Å². The van der Waals surface area contributed by atoms with Crippen molar-refractivity contribution in [1.29, 1.82) is 0 Å². The molecule has 0 heterocycles. The standard InChI is InChI=1S/C10H16OS/c1-10(2)7-3-6(5-12)9(11)8(10)4-7/h6-8,12H,3-5H2,1-2H3/t6-,7-,8-/m0/s1. The van der Waals surface area contributed by atoms with Gasteiger partial charge in [-0.05, 0) is 24.2 Å². The van der Waals surface area contributed by atoms with Crippen molar-refractivity contribution in [2.75, 3.05) is 5.75 Å². The van der Waals surface area contributed by atoms with Gasteiger partial charge in [0.25, 0.3) is 0 Å². The molecule has 0 aromatic heterocycles. The molecule has 2 heteroatoms. The van der Waals surface area contributed by atoms with Gasteiger partial charge in [0.2, 0.25) is 0 Å². The highest BCUT2D eigenvalue weighted by Crippen LogP contribution is 2.59. The van der Waals surface area contributed by atoms with Crippen LogP contribution in [0.5, 0.6) is 0 Å². The molecular weight excluding hydrogens is 168 g/mol. The molecule has 0 amide bonds. The summed E-state index contributed by atoms with van der Waals surface area (Å²) in [7, 11) is 0. The minimum Gasteiger partial charge on any atom is -0.299 e. The molecule has 1 nitrogen and oxygen atoms in total. The molecule has 0 saturated heterocycles. The molecule has 3 saturated carbocycles. The van der Waals surface area contributed by atoms with Gasteiger partial charge in [0.1, 0.15) is 5.78 Å². The van der Waals surface area contributed by atoms with Gasteiger partial charge in [0, 0.05) is 17.6 Å². The predicted molar refractivity (Wildman–Crippen MR) is 52.3 cm³/mol. The van der Waals surface area contributed by atoms with Crippen LogP contribution in [0.2, 0.25) is 0 Å². The van der Waals surface area contributed by atoms with Gasteiger partial charge in [-0.3, -0.25) is 4.79 Å². The van der Waals surface area contributed by atoms with Gasteiger partial charge in [-0.2, -0.15) is 12.6 Å². The Morgan fingerprint density at radius 1 is 1.50 bits per heavy atom. The van der Waals surface area contributed by atoms with E-state index in [4.69, 9.17) is 0 Å². The van der Waals surface area contributed by atoms with Crippen LogP contribution in [0.4, 0.5) is 0 Å². The fourth-order valence-corrected chi connectivity index (χ4v) is 3.14. The van der Waals surface area contributed by atoms with Crippen molar-refractivity contribution in [3.63, 3.8) is 0 Å². The predicted octanol–water partition coefficient (Wildman–Crippen LogP) is 2.17. The van der Waals surface area contributed by atoms with E-state index in [2.05, 4.69) is 26.5 Å². The van der Waals surface area contributed by atoms with Gasteiger partial charge in [0.15, 0.2) is 0 Å². The Labute approximate surface area is 79.3 Å². The Kier molecular flexibility index (Phi) is 1.80. The molecule has 3 fully saturated rings. The lowest BCUT2D eigenvalue weighted by Gasteiger charge is -2.57. The second-order valence-electron chi connectivity index (χ2n) is 4.82. The molecule has 0 aromatic carbocycles. The van der Waals surface area contributed by atoms with Crippen molar-refractivity contribution in [2.45, 2.75) is 26.7 Å². The molecular formula is C10H16OS. The van der Waals surface area contributed by atoms with Crippen LogP contribution < -0.4 is 0 Å².